The van der Waals surface area contributed by atoms with Crippen molar-refractivity contribution < 1.29 is 4.74 Å². The van der Waals surface area contributed by atoms with Crippen LogP contribution in [0, 0.1) is 6.92 Å². The Morgan fingerprint density at radius 3 is 1.43 bits per heavy atom. The summed E-state index contributed by atoms with van der Waals surface area (Å²) in [6, 6.07) is 39.8. The van der Waals surface area contributed by atoms with Crippen molar-refractivity contribution >= 4 is 35.6 Å². The molecule has 0 aliphatic carbocycles. The van der Waals surface area contributed by atoms with Gasteiger partial charge in [-0.25, -0.2) is 0 Å². The van der Waals surface area contributed by atoms with Crippen LogP contribution in [0.2, 0.25) is 0 Å². The summed E-state index contributed by atoms with van der Waals surface area (Å²) in [6.45, 7) is 2.12. The molecular weight excluding hydrogens is 407 g/mol. The molecule has 0 bridgehead atoms. The molecule has 0 unspecified atom stereocenters. The minimum atomic E-state index is -2.26. The van der Waals surface area contributed by atoms with E-state index in [2.05, 4.69) is 116 Å². The Morgan fingerprint density at radius 2 is 1.07 bits per heavy atom. The molecule has 0 radical (unpaired) electrons. The first kappa shape index (κ1) is 22.1. The molecule has 0 fully saturated rings. The Bertz CT molecular complexity index is 969. The van der Waals surface area contributed by atoms with Gasteiger partial charge < -0.3 is 0 Å². The summed E-state index contributed by atoms with van der Waals surface area (Å²) >= 11 is 0. The fraction of sp³-hybridized carbons (Fsp3) is 0.111. The van der Waals surface area contributed by atoms with E-state index in [9.17, 15) is 0 Å². The predicted octanol–water partition coefficient (Wildman–Crippen LogP) is 5.65. The van der Waals surface area contributed by atoms with Gasteiger partial charge in [0.05, 0.1) is 0 Å². The molecule has 0 spiro atoms. The third-order valence-corrected chi connectivity index (χ3v) is 10.6. The fourth-order valence-corrected chi connectivity index (χ4v) is 9.06. The molecule has 30 heavy (non-hydrogen) atoms. The maximum absolute atomic E-state index is 5.50. The number of methoxy groups -OCH3 is 1. The van der Waals surface area contributed by atoms with E-state index in [1.807, 2.05) is 0 Å². The van der Waals surface area contributed by atoms with Crippen LogP contribution < -0.4 is 20.7 Å². The first-order chi connectivity index (χ1) is 14.2. The van der Waals surface area contributed by atoms with Crippen molar-refractivity contribution in [2.24, 2.45) is 0 Å². The average Bonchev–Trinajstić information content (AvgIpc) is 2.79. The quantitative estimate of drug-likeness (QED) is 0.356. The molecule has 4 rings (SSSR count). The average molecular weight is 435 g/mol. The van der Waals surface area contributed by atoms with Crippen molar-refractivity contribution in [3.63, 3.8) is 0 Å². The molecule has 0 saturated heterocycles. The monoisotopic (exact) mass is 434 g/mol. The van der Waals surface area contributed by atoms with Gasteiger partial charge in [-0.05, 0) is 0 Å². The summed E-state index contributed by atoms with van der Waals surface area (Å²) in [7, 11) is -0.521. The number of aryl methyl sites for hydroxylation is 1. The Balaban J connectivity index is 0.00000256. The molecule has 0 aliphatic heterocycles. The molecule has 0 N–H and O–H groups in total. The summed E-state index contributed by atoms with van der Waals surface area (Å²) in [4.78, 5) is 0. The van der Waals surface area contributed by atoms with Gasteiger partial charge in [0, 0.05) is 0 Å². The summed E-state index contributed by atoms with van der Waals surface area (Å²) < 4.78 is 5.50. The van der Waals surface area contributed by atoms with Crippen LogP contribution >= 0.6 is 19.7 Å². The van der Waals surface area contributed by atoms with Gasteiger partial charge in [0.25, 0.3) is 0 Å². The molecule has 0 atom stereocenters. The number of halogens is 1. The SMILES string of the molecule is COc1ccc(C[PH](c2ccccc2)(c2ccccc2)c2ccccc2)cc1C.Cl. The molecule has 0 aliphatic rings. The van der Waals surface area contributed by atoms with Crippen LogP contribution in [-0.2, 0) is 6.16 Å². The molecule has 0 saturated carbocycles. The molecular formula is C27H28ClOP. The zero-order valence-corrected chi connectivity index (χ0v) is 19.2. The Labute approximate surface area is 186 Å². The van der Waals surface area contributed by atoms with Crippen LogP contribution in [0.15, 0.2) is 109 Å². The summed E-state index contributed by atoms with van der Waals surface area (Å²) in [5.41, 5.74) is 2.54. The number of hydrogen-bond acceptors (Lipinski definition) is 1. The molecule has 0 heterocycles. The maximum Gasteiger partial charge on any atom is -0.147 e. The second kappa shape index (κ2) is 9.94. The van der Waals surface area contributed by atoms with Gasteiger partial charge in [-0.1, -0.05) is 0 Å². The van der Waals surface area contributed by atoms with Crippen LogP contribution in [0.1, 0.15) is 11.1 Å². The van der Waals surface area contributed by atoms with E-state index in [4.69, 9.17) is 4.74 Å². The van der Waals surface area contributed by atoms with E-state index < -0.39 is 7.26 Å². The topological polar surface area (TPSA) is 9.23 Å². The zero-order chi connectivity index (χ0) is 20.1. The smallest absolute Gasteiger partial charge is 0.147 e. The molecule has 4 aromatic carbocycles. The fourth-order valence-electron chi connectivity index (χ4n) is 4.33. The van der Waals surface area contributed by atoms with Crippen molar-refractivity contribution in [2.75, 3.05) is 7.11 Å². The zero-order valence-electron chi connectivity index (χ0n) is 17.4. The van der Waals surface area contributed by atoms with Gasteiger partial charge in [0.1, 0.15) is 0 Å². The third-order valence-electron chi connectivity index (χ3n) is 5.73. The van der Waals surface area contributed by atoms with Crippen LogP contribution in [0.4, 0.5) is 0 Å². The van der Waals surface area contributed by atoms with Crippen LogP contribution in [0.25, 0.3) is 0 Å². The standard InChI is InChI=1S/C27H27OP.ClH/c1-22-20-23(18-19-27(22)28-2)21-29(24-12-6-3-7-13-24,25-14-8-4-9-15-25)26-16-10-5-11-17-26;/h3-20,29H,21H2,1-2H3;1H. The minimum Gasteiger partial charge on any atom is -0.147 e. The number of rotatable bonds is 6. The van der Waals surface area contributed by atoms with Crippen molar-refractivity contribution in [3.05, 3.63) is 120 Å². The second-order valence-electron chi connectivity index (χ2n) is 7.48. The molecule has 154 valence electrons. The van der Waals surface area contributed by atoms with Gasteiger partial charge in [0.15, 0.2) is 0 Å². The summed E-state index contributed by atoms with van der Waals surface area (Å²) in [5.74, 6) is 0.945. The second-order valence-corrected chi connectivity index (χ2v) is 11.4. The van der Waals surface area contributed by atoms with E-state index in [-0.39, 0.29) is 12.4 Å². The van der Waals surface area contributed by atoms with E-state index in [1.165, 1.54) is 27.0 Å². The van der Waals surface area contributed by atoms with Gasteiger partial charge in [-0.3, -0.25) is 0 Å². The Kier molecular flexibility index (Phi) is 7.32. The first-order valence-corrected chi connectivity index (χ1v) is 12.2. The van der Waals surface area contributed by atoms with Crippen molar-refractivity contribution in [1.29, 1.82) is 0 Å². The van der Waals surface area contributed by atoms with Gasteiger partial charge in [0.2, 0.25) is 0 Å². The Hall–Kier alpha value is -2.60. The van der Waals surface area contributed by atoms with Crippen LogP contribution in [-0.4, -0.2) is 7.11 Å². The number of hydrogen-bond donors (Lipinski definition) is 0. The first-order valence-electron chi connectivity index (χ1n) is 10.0. The van der Waals surface area contributed by atoms with E-state index in [1.54, 1.807) is 7.11 Å². The van der Waals surface area contributed by atoms with Gasteiger partial charge in [-0.15, -0.1) is 12.4 Å². The van der Waals surface area contributed by atoms with E-state index in [0.717, 1.165) is 11.9 Å². The molecule has 1 nitrogen and oxygen atoms in total. The van der Waals surface area contributed by atoms with Crippen molar-refractivity contribution in [1.82, 2.24) is 0 Å². The summed E-state index contributed by atoms with van der Waals surface area (Å²) in [5, 5.41) is 4.31. The Morgan fingerprint density at radius 1 is 0.633 bits per heavy atom. The predicted molar refractivity (Wildman–Crippen MR) is 135 cm³/mol. The number of ether oxygens (including phenoxy) is 1. The van der Waals surface area contributed by atoms with Crippen molar-refractivity contribution in [2.45, 2.75) is 13.1 Å². The third kappa shape index (κ3) is 4.29. The van der Waals surface area contributed by atoms with Crippen LogP contribution in [0.3, 0.4) is 0 Å². The minimum absolute atomic E-state index is 0. The normalized spacial score (nSPS) is 11.4. The molecule has 3 heteroatoms. The van der Waals surface area contributed by atoms with Gasteiger partial charge >= 0.3 is 174 Å². The molecule has 0 amide bonds. The molecule has 4 aromatic rings. The number of benzene rings is 4. The molecule has 0 aromatic heterocycles. The van der Waals surface area contributed by atoms with E-state index in [0.29, 0.717) is 0 Å². The summed E-state index contributed by atoms with van der Waals surface area (Å²) in [6.07, 6.45) is 1.01. The van der Waals surface area contributed by atoms with E-state index >= 15 is 0 Å². The van der Waals surface area contributed by atoms with Gasteiger partial charge in [-0.2, -0.15) is 0 Å². The maximum atomic E-state index is 5.50. The van der Waals surface area contributed by atoms with Crippen molar-refractivity contribution in [3.8, 4) is 5.75 Å². The largest absolute Gasteiger partial charge is 0.147 e. The van der Waals surface area contributed by atoms with Crippen LogP contribution in [0.5, 0.6) is 5.75 Å².